The molecule has 162 valence electrons. The summed E-state index contributed by atoms with van der Waals surface area (Å²) in [6, 6.07) is 8.22. The van der Waals surface area contributed by atoms with Crippen LogP contribution in [0.15, 0.2) is 41.7 Å². The van der Waals surface area contributed by atoms with Crippen molar-refractivity contribution < 1.29 is 43.1 Å². The minimum atomic E-state index is -0.848. The molecule has 0 fully saturated rings. The molecule has 9 nitrogen and oxygen atoms in total. The van der Waals surface area contributed by atoms with Crippen LogP contribution in [0, 0.1) is 0 Å². The second-order valence-corrected chi connectivity index (χ2v) is 6.82. The third-order valence-electron chi connectivity index (χ3n) is 4.97. The number of hydrogen-bond acceptors (Lipinski definition) is 9. The molecular weight excluding hydrogens is 408 g/mol. The Bertz CT molecular complexity index is 1090. The number of methoxy groups -OCH3 is 2. The number of carbonyl (C=O) groups excluding carboxylic acids is 2. The summed E-state index contributed by atoms with van der Waals surface area (Å²) in [4.78, 5) is 24.3. The highest BCUT2D eigenvalue weighted by molar-refractivity contribution is 5.94. The third-order valence-corrected chi connectivity index (χ3v) is 4.97. The molecule has 2 aromatic rings. The van der Waals surface area contributed by atoms with Crippen LogP contribution < -0.4 is 23.7 Å². The zero-order valence-electron chi connectivity index (χ0n) is 17.1. The van der Waals surface area contributed by atoms with E-state index in [4.69, 9.17) is 28.4 Å². The Morgan fingerprint density at radius 3 is 2.32 bits per heavy atom. The van der Waals surface area contributed by atoms with Gasteiger partial charge in [-0.1, -0.05) is 6.07 Å². The zero-order valence-corrected chi connectivity index (χ0v) is 17.1. The van der Waals surface area contributed by atoms with E-state index in [1.807, 2.05) is 0 Å². The monoisotopic (exact) mass is 428 g/mol. The van der Waals surface area contributed by atoms with Gasteiger partial charge in [0.15, 0.2) is 23.0 Å². The van der Waals surface area contributed by atoms with Crippen molar-refractivity contribution in [3.63, 3.8) is 0 Å². The predicted octanol–water partition coefficient (Wildman–Crippen LogP) is 2.86. The fourth-order valence-corrected chi connectivity index (χ4v) is 3.63. The molecule has 2 aliphatic heterocycles. The molecule has 1 N–H and O–H groups in total. The van der Waals surface area contributed by atoms with Gasteiger partial charge in [0.1, 0.15) is 18.1 Å². The van der Waals surface area contributed by atoms with Crippen LogP contribution in [0.5, 0.6) is 28.7 Å². The number of aliphatic hydroxyl groups is 1. The molecule has 2 aromatic carbocycles. The highest BCUT2D eigenvalue weighted by Crippen LogP contribution is 2.47. The zero-order chi connectivity index (χ0) is 22.1. The first kappa shape index (κ1) is 20.4. The topological polar surface area (TPSA) is 110 Å². The van der Waals surface area contributed by atoms with E-state index in [2.05, 4.69) is 0 Å². The maximum Gasteiger partial charge on any atom is 0.338 e. The average Bonchev–Trinajstić information content (AvgIpc) is 3.34. The molecule has 0 spiro atoms. The van der Waals surface area contributed by atoms with Gasteiger partial charge in [-0.25, -0.2) is 4.79 Å². The van der Waals surface area contributed by atoms with Crippen molar-refractivity contribution >= 4 is 11.9 Å². The molecule has 9 heteroatoms. The van der Waals surface area contributed by atoms with Gasteiger partial charge in [0, 0.05) is 24.5 Å². The number of cyclic esters (lactones) is 1. The van der Waals surface area contributed by atoms with E-state index in [-0.39, 0.29) is 30.5 Å². The van der Waals surface area contributed by atoms with Gasteiger partial charge < -0.3 is 33.5 Å². The normalized spacial score (nSPS) is 15.5. The quantitative estimate of drug-likeness (QED) is 0.548. The second kappa shape index (κ2) is 8.10. The molecule has 0 radical (unpaired) electrons. The summed E-state index contributed by atoms with van der Waals surface area (Å²) in [5.74, 6) is -0.399. The van der Waals surface area contributed by atoms with E-state index in [0.717, 1.165) is 0 Å². The highest BCUT2D eigenvalue weighted by atomic mass is 16.7. The summed E-state index contributed by atoms with van der Waals surface area (Å²) < 4.78 is 32.0. The number of carbonyl (C=O) groups is 2. The standard InChI is InChI=1S/C22H20O9/c1-11(23)31-16-8-19-18(29-10-30-19)7-13(16)20(21-14(24)9-28-22(21)25)12-4-5-15(26-2)17(6-12)27-3/h4-8,20,24H,9-10H2,1-3H3/t20-/m0/s1. The summed E-state index contributed by atoms with van der Waals surface area (Å²) in [7, 11) is 3.00. The molecule has 0 aromatic heterocycles. The Morgan fingerprint density at radius 1 is 1.00 bits per heavy atom. The fraction of sp³-hybridized carbons (Fsp3) is 0.273. The number of hydrogen-bond donors (Lipinski definition) is 1. The van der Waals surface area contributed by atoms with Gasteiger partial charge in [-0.15, -0.1) is 0 Å². The van der Waals surface area contributed by atoms with Crippen LogP contribution in [0.4, 0.5) is 0 Å². The molecule has 0 saturated carbocycles. The molecule has 4 rings (SSSR count). The summed E-state index contributed by atoms with van der Waals surface area (Å²) in [6.07, 6.45) is 0. The van der Waals surface area contributed by atoms with Gasteiger partial charge in [0.2, 0.25) is 6.79 Å². The number of aliphatic hydroxyl groups excluding tert-OH is 1. The van der Waals surface area contributed by atoms with Crippen LogP contribution in [0.1, 0.15) is 24.0 Å². The van der Waals surface area contributed by atoms with E-state index >= 15 is 0 Å². The first-order valence-electron chi connectivity index (χ1n) is 9.36. The van der Waals surface area contributed by atoms with Gasteiger partial charge in [0.25, 0.3) is 0 Å². The Hall–Kier alpha value is -3.88. The van der Waals surface area contributed by atoms with Gasteiger partial charge in [-0.2, -0.15) is 0 Å². The van der Waals surface area contributed by atoms with Gasteiger partial charge in [-0.05, 0) is 23.8 Å². The number of esters is 2. The van der Waals surface area contributed by atoms with Crippen molar-refractivity contribution in [2.45, 2.75) is 12.8 Å². The van der Waals surface area contributed by atoms with Crippen molar-refractivity contribution in [1.82, 2.24) is 0 Å². The van der Waals surface area contributed by atoms with Crippen molar-refractivity contribution in [3.05, 3.63) is 52.8 Å². The Labute approximate surface area is 177 Å². The SMILES string of the molecule is COc1ccc([C@H](C2=C(O)COC2=O)c2cc3c(cc2OC(C)=O)OCO3)cc1OC. The van der Waals surface area contributed by atoms with E-state index in [1.54, 1.807) is 24.3 Å². The van der Waals surface area contributed by atoms with Crippen LogP contribution in [0.3, 0.4) is 0 Å². The number of ether oxygens (including phenoxy) is 6. The molecule has 2 heterocycles. The lowest BCUT2D eigenvalue weighted by Gasteiger charge is -2.22. The van der Waals surface area contributed by atoms with E-state index in [9.17, 15) is 14.7 Å². The lowest BCUT2D eigenvalue weighted by molar-refractivity contribution is -0.136. The Kier molecular flexibility index (Phi) is 5.33. The molecule has 1 atom stereocenters. The van der Waals surface area contributed by atoms with E-state index in [0.29, 0.717) is 34.1 Å². The molecule has 0 amide bonds. The maximum absolute atomic E-state index is 12.6. The highest BCUT2D eigenvalue weighted by Gasteiger charge is 2.37. The van der Waals surface area contributed by atoms with E-state index < -0.39 is 17.9 Å². The molecule has 0 unspecified atom stereocenters. The van der Waals surface area contributed by atoms with Crippen LogP contribution in [0.2, 0.25) is 0 Å². The average molecular weight is 428 g/mol. The van der Waals surface area contributed by atoms with E-state index in [1.165, 1.54) is 27.2 Å². The van der Waals surface area contributed by atoms with Gasteiger partial charge in [0.05, 0.1) is 19.8 Å². The maximum atomic E-state index is 12.6. The lowest BCUT2D eigenvalue weighted by atomic mass is 9.83. The lowest BCUT2D eigenvalue weighted by Crippen LogP contribution is -2.15. The molecular formula is C22H20O9. The summed E-state index contributed by atoms with van der Waals surface area (Å²) in [5.41, 5.74) is 1.01. The van der Waals surface area contributed by atoms with Crippen LogP contribution in [-0.2, 0) is 14.3 Å². The van der Waals surface area contributed by atoms with Crippen molar-refractivity contribution in [2.24, 2.45) is 0 Å². The molecule has 2 aliphatic rings. The fourth-order valence-electron chi connectivity index (χ4n) is 3.63. The first-order valence-corrected chi connectivity index (χ1v) is 9.36. The van der Waals surface area contributed by atoms with Gasteiger partial charge in [-0.3, -0.25) is 4.79 Å². The molecule has 0 saturated heterocycles. The number of rotatable bonds is 6. The predicted molar refractivity (Wildman–Crippen MR) is 106 cm³/mol. The Morgan fingerprint density at radius 2 is 1.71 bits per heavy atom. The smallest absolute Gasteiger partial charge is 0.338 e. The number of benzene rings is 2. The summed E-state index contributed by atoms with van der Waals surface area (Å²) >= 11 is 0. The minimum Gasteiger partial charge on any atom is -0.508 e. The third kappa shape index (κ3) is 3.70. The number of fused-ring (bicyclic) bond motifs is 1. The Balaban J connectivity index is 1.96. The van der Waals surface area contributed by atoms with Crippen LogP contribution >= 0.6 is 0 Å². The molecule has 31 heavy (non-hydrogen) atoms. The second-order valence-electron chi connectivity index (χ2n) is 6.82. The molecule has 0 bridgehead atoms. The molecule has 0 aliphatic carbocycles. The van der Waals surface area contributed by atoms with Crippen molar-refractivity contribution in [3.8, 4) is 28.7 Å². The largest absolute Gasteiger partial charge is 0.508 e. The summed E-state index contributed by atoms with van der Waals surface area (Å²) in [5, 5.41) is 10.5. The first-order chi connectivity index (χ1) is 14.9. The van der Waals surface area contributed by atoms with Crippen LogP contribution in [-0.4, -0.2) is 44.7 Å². The summed E-state index contributed by atoms with van der Waals surface area (Å²) in [6.45, 7) is 1.03. The van der Waals surface area contributed by atoms with Crippen LogP contribution in [0.25, 0.3) is 0 Å². The van der Waals surface area contributed by atoms with Crippen molar-refractivity contribution in [1.29, 1.82) is 0 Å². The van der Waals surface area contributed by atoms with Crippen molar-refractivity contribution in [2.75, 3.05) is 27.6 Å². The van der Waals surface area contributed by atoms with Gasteiger partial charge >= 0.3 is 11.9 Å². The minimum absolute atomic E-state index is 0.00924.